The van der Waals surface area contributed by atoms with Crippen molar-refractivity contribution in [2.75, 3.05) is 31.5 Å². The minimum atomic E-state index is -4.77. The second-order valence-corrected chi connectivity index (χ2v) is 9.50. The van der Waals surface area contributed by atoms with Gasteiger partial charge < -0.3 is 19.5 Å². The van der Waals surface area contributed by atoms with E-state index >= 15 is 0 Å². The van der Waals surface area contributed by atoms with Gasteiger partial charge in [0.05, 0.1) is 6.54 Å². The molecule has 1 fully saturated rings. The second-order valence-electron chi connectivity index (χ2n) is 9.50. The molecule has 4 aromatic rings. The van der Waals surface area contributed by atoms with Crippen LogP contribution in [0.4, 0.5) is 27.8 Å². The highest BCUT2D eigenvalue weighted by molar-refractivity contribution is 5.59. The van der Waals surface area contributed by atoms with Crippen molar-refractivity contribution >= 4 is 5.82 Å². The lowest BCUT2D eigenvalue weighted by Gasteiger charge is -2.31. The molecule has 0 radical (unpaired) electrons. The summed E-state index contributed by atoms with van der Waals surface area (Å²) in [5.74, 6) is -1.83. The zero-order valence-corrected chi connectivity index (χ0v) is 21.5. The van der Waals surface area contributed by atoms with E-state index in [9.17, 15) is 22.0 Å². The lowest BCUT2D eigenvalue weighted by molar-refractivity contribution is -0.274. The van der Waals surface area contributed by atoms with Gasteiger partial charge in [-0.3, -0.25) is 4.68 Å². The van der Waals surface area contributed by atoms with Crippen molar-refractivity contribution in [1.29, 1.82) is 0 Å². The Hall–Kier alpha value is -4.07. The maximum atomic E-state index is 13.3. The van der Waals surface area contributed by atoms with Crippen molar-refractivity contribution in [1.82, 2.24) is 29.8 Å². The van der Waals surface area contributed by atoms with Gasteiger partial charge in [0.2, 0.25) is 5.82 Å². The molecular formula is C26H26F5N7O2. The summed E-state index contributed by atoms with van der Waals surface area (Å²) in [5, 5.41) is 11.7. The molecule has 1 N–H and O–H groups in total. The number of ether oxygens (including phenoxy) is 1. The molecule has 4 heterocycles. The summed E-state index contributed by atoms with van der Waals surface area (Å²) < 4.78 is 74.7. The minimum absolute atomic E-state index is 0.0971. The predicted molar refractivity (Wildman–Crippen MR) is 135 cm³/mol. The molecule has 0 bridgehead atoms. The highest BCUT2D eigenvalue weighted by atomic mass is 19.4. The van der Waals surface area contributed by atoms with Crippen LogP contribution in [0.25, 0.3) is 23.0 Å². The van der Waals surface area contributed by atoms with Gasteiger partial charge in [-0.1, -0.05) is 11.2 Å². The van der Waals surface area contributed by atoms with Crippen LogP contribution < -0.4 is 10.1 Å². The number of halogens is 5. The van der Waals surface area contributed by atoms with Crippen LogP contribution in [0, 0.1) is 6.92 Å². The highest BCUT2D eigenvalue weighted by Gasteiger charge is 2.33. The van der Waals surface area contributed by atoms with E-state index in [1.54, 1.807) is 16.9 Å². The first-order valence-electron chi connectivity index (χ1n) is 12.6. The number of piperidine rings is 1. The Morgan fingerprint density at radius 2 is 1.82 bits per heavy atom. The number of hydrogen-bond donors (Lipinski definition) is 1. The molecule has 0 saturated carbocycles. The van der Waals surface area contributed by atoms with E-state index in [4.69, 9.17) is 4.52 Å². The quantitative estimate of drug-likeness (QED) is 0.271. The van der Waals surface area contributed by atoms with E-state index in [-0.39, 0.29) is 30.3 Å². The van der Waals surface area contributed by atoms with Crippen LogP contribution in [0.15, 0.2) is 53.2 Å². The van der Waals surface area contributed by atoms with Crippen molar-refractivity contribution < 1.29 is 31.2 Å². The van der Waals surface area contributed by atoms with Crippen LogP contribution in [0.5, 0.6) is 5.75 Å². The van der Waals surface area contributed by atoms with Crippen molar-refractivity contribution in [3.8, 4) is 28.7 Å². The summed E-state index contributed by atoms with van der Waals surface area (Å²) in [7, 11) is 0. The van der Waals surface area contributed by atoms with Gasteiger partial charge in [-0.25, -0.2) is 13.8 Å². The number of hydrogen-bond acceptors (Lipinski definition) is 8. The number of pyridine rings is 1. The molecule has 212 valence electrons. The van der Waals surface area contributed by atoms with Gasteiger partial charge in [-0.15, -0.1) is 13.2 Å². The van der Waals surface area contributed by atoms with Crippen LogP contribution in [0.2, 0.25) is 0 Å². The van der Waals surface area contributed by atoms with Gasteiger partial charge in [0, 0.05) is 56.5 Å². The standard InChI is InChI=1S/C26H26F5N7O2/c1-17-14-21(24-34-23(36-40-24)19-3-5-20(6-4-19)39-26(29,30)31)35-38(17)16-18-2-7-22(33-15-18)32-10-13-37-11-8-25(27,28)9-12-37/h2-7,14-15H,8-13,16H2,1H3,(H,32,33). The highest BCUT2D eigenvalue weighted by Crippen LogP contribution is 2.28. The summed E-state index contributed by atoms with van der Waals surface area (Å²) in [6.45, 7) is 4.40. The zero-order chi connectivity index (χ0) is 28.3. The van der Waals surface area contributed by atoms with Crippen LogP contribution in [0.1, 0.15) is 24.1 Å². The SMILES string of the molecule is Cc1cc(-c2nc(-c3ccc(OC(F)(F)F)cc3)no2)nn1Cc1ccc(NCCN2CCC(F)(F)CC2)nc1. The molecule has 0 atom stereocenters. The Morgan fingerprint density at radius 1 is 1.07 bits per heavy atom. The van der Waals surface area contributed by atoms with E-state index in [2.05, 4.69) is 30.3 Å². The fourth-order valence-corrected chi connectivity index (χ4v) is 4.27. The maximum absolute atomic E-state index is 13.3. The minimum Gasteiger partial charge on any atom is -0.406 e. The van der Waals surface area contributed by atoms with Gasteiger partial charge in [0.15, 0.2) is 5.69 Å². The molecular weight excluding hydrogens is 537 g/mol. The maximum Gasteiger partial charge on any atom is 0.573 e. The van der Waals surface area contributed by atoms with Gasteiger partial charge in [-0.2, -0.15) is 10.1 Å². The molecule has 0 unspecified atom stereocenters. The first-order chi connectivity index (χ1) is 19.0. The average Bonchev–Trinajstić information content (AvgIpc) is 3.53. The third-order valence-corrected chi connectivity index (χ3v) is 6.45. The van der Waals surface area contributed by atoms with E-state index in [0.29, 0.717) is 49.8 Å². The molecule has 1 aromatic carbocycles. The zero-order valence-electron chi connectivity index (χ0n) is 21.5. The molecule has 1 saturated heterocycles. The molecule has 0 spiro atoms. The first-order valence-corrected chi connectivity index (χ1v) is 12.6. The summed E-state index contributed by atoms with van der Waals surface area (Å²) >= 11 is 0. The average molecular weight is 564 g/mol. The van der Waals surface area contributed by atoms with Crippen molar-refractivity contribution in [2.45, 2.75) is 38.6 Å². The number of likely N-dealkylation sites (tertiary alicyclic amines) is 1. The summed E-state index contributed by atoms with van der Waals surface area (Å²) in [6, 6.07) is 10.7. The Morgan fingerprint density at radius 3 is 2.50 bits per heavy atom. The molecule has 14 heteroatoms. The lowest BCUT2D eigenvalue weighted by Crippen LogP contribution is -2.41. The Labute approximate surface area is 226 Å². The largest absolute Gasteiger partial charge is 0.573 e. The van der Waals surface area contributed by atoms with E-state index in [1.807, 2.05) is 24.0 Å². The normalized spacial score (nSPS) is 15.8. The number of alkyl halides is 5. The van der Waals surface area contributed by atoms with E-state index < -0.39 is 12.3 Å². The molecule has 5 rings (SSSR count). The third-order valence-electron chi connectivity index (χ3n) is 6.45. The number of aryl methyl sites for hydroxylation is 1. The van der Waals surface area contributed by atoms with E-state index in [0.717, 1.165) is 11.3 Å². The monoisotopic (exact) mass is 563 g/mol. The van der Waals surface area contributed by atoms with Gasteiger partial charge in [-0.05, 0) is 48.9 Å². The molecule has 1 aliphatic heterocycles. The third kappa shape index (κ3) is 7.11. The number of anilines is 1. The second kappa shape index (κ2) is 11.2. The molecule has 1 aliphatic rings. The lowest BCUT2D eigenvalue weighted by atomic mass is 10.1. The van der Waals surface area contributed by atoms with Crippen molar-refractivity contribution in [2.24, 2.45) is 0 Å². The molecule has 9 nitrogen and oxygen atoms in total. The predicted octanol–water partition coefficient (Wildman–Crippen LogP) is 5.39. The molecule has 40 heavy (non-hydrogen) atoms. The molecule has 0 aliphatic carbocycles. The molecule has 0 amide bonds. The Bertz CT molecular complexity index is 1410. The van der Waals surface area contributed by atoms with Crippen LogP contribution >= 0.6 is 0 Å². The van der Waals surface area contributed by atoms with Crippen LogP contribution in [0.3, 0.4) is 0 Å². The number of aromatic nitrogens is 5. The summed E-state index contributed by atoms with van der Waals surface area (Å²) in [4.78, 5) is 10.8. The smallest absolute Gasteiger partial charge is 0.406 e. The Kier molecular flexibility index (Phi) is 7.70. The topological polar surface area (TPSA) is 94.1 Å². The number of nitrogens with one attached hydrogen (secondary N) is 1. The first kappa shape index (κ1) is 27.5. The number of rotatable bonds is 9. The summed E-state index contributed by atoms with van der Waals surface area (Å²) in [6.07, 6.45) is -3.23. The van der Waals surface area contributed by atoms with E-state index in [1.165, 1.54) is 24.3 Å². The fraction of sp³-hybridized carbons (Fsp3) is 0.385. The number of nitrogens with zero attached hydrogens (tertiary/aromatic N) is 6. The van der Waals surface area contributed by atoms with Gasteiger partial charge in [0.25, 0.3) is 11.8 Å². The van der Waals surface area contributed by atoms with Crippen molar-refractivity contribution in [3.05, 3.63) is 59.9 Å². The van der Waals surface area contributed by atoms with Crippen LogP contribution in [-0.4, -0.2) is 68.3 Å². The fourth-order valence-electron chi connectivity index (χ4n) is 4.27. The van der Waals surface area contributed by atoms with Crippen molar-refractivity contribution in [3.63, 3.8) is 0 Å². The summed E-state index contributed by atoms with van der Waals surface area (Å²) in [5.41, 5.74) is 2.67. The van der Waals surface area contributed by atoms with Gasteiger partial charge >= 0.3 is 6.36 Å². The van der Waals surface area contributed by atoms with Crippen LogP contribution in [-0.2, 0) is 6.54 Å². The molecule has 3 aromatic heterocycles. The Balaban J connectivity index is 1.15. The van der Waals surface area contributed by atoms with Gasteiger partial charge in [0.1, 0.15) is 11.6 Å². The number of benzene rings is 1.